The van der Waals surface area contributed by atoms with Crippen LogP contribution in [0.15, 0.2) is 71.6 Å². The van der Waals surface area contributed by atoms with Crippen molar-refractivity contribution in [1.82, 2.24) is 0 Å². The molecule has 0 saturated heterocycles. The summed E-state index contributed by atoms with van der Waals surface area (Å²) in [4.78, 5) is 2.16. The van der Waals surface area contributed by atoms with E-state index in [9.17, 15) is 0 Å². The topological polar surface area (TPSA) is 6.25 Å². The van der Waals surface area contributed by atoms with E-state index in [1.54, 1.807) is 0 Å². The fourth-order valence-electron chi connectivity index (χ4n) is 3.87. The smallest absolute Gasteiger partial charge is 0.200 e. The van der Waals surface area contributed by atoms with Gasteiger partial charge in [0.25, 0.3) is 0 Å². The van der Waals surface area contributed by atoms with Gasteiger partial charge in [-0.15, -0.1) is 0 Å². The molecule has 0 spiro atoms. The summed E-state index contributed by atoms with van der Waals surface area (Å²) in [7, 11) is 8.35. The summed E-state index contributed by atoms with van der Waals surface area (Å²) >= 11 is 6.18. The van der Waals surface area contributed by atoms with Crippen LogP contribution in [0.4, 0.5) is 5.69 Å². The molecule has 0 bridgehead atoms. The molecule has 2 aliphatic rings. The predicted octanol–water partition coefficient (Wildman–Crippen LogP) is 3.96. The summed E-state index contributed by atoms with van der Waals surface area (Å²) in [5.74, 6) is 0. The van der Waals surface area contributed by atoms with Gasteiger partial charge in [0.1, 0.15) is 14.1 Å². The predicted molar refractivity (Wildman–Crippen MR) is 133 cm³/mol. The van der Waals surface area contributed by atoms with Crippen LogP contribution >= 0.6 is 6.70 Å². The van der Waals surface area contributed by atoms with Crippen LogP contribution < -0.4 is 10.2 Å². The molecule has 0 amide bonds. The molecule has 4 radical (unpaired) electrons. The number of nitrogens with zero attached hydrogens (tertiary/aromatic N) is 2. The molecule has 5 heteroatoms. The van der Waals surface area contributed by atoms with Crippen LogP contribution in [0.25, 0.3) is 5.57 Å². The van der Waals surface area contributed by atoms with Gasteiger partial charge in [-0.25, -0.2) is 4.58 Å². The molecule has 1 atom stereocenters. The Bertz CT molecular complexity index is 1140. The second kappa shape index (κ2) is 8.83. The standard InChI is InChI=1S/C24H26N2PS.Pb/c1-16-8-6-7-9-19(16)24-20-12-10-17(25(2)3)14-22(20)27(28)23-15-18(26(4)5)11-13-21(23)24;/h6-15,27H,1-5H3;/q+1;. The maximum absolute atomic E-state index is 6.18. The molecule has 2 aromatic rings. The maximum Gasteiger partial charge on any atom is 0.200 e. The molecular weight excluding hydrogens is 587 g/mol. The minimum atomic E-state index is -1.26. The number of hydrogen-bond donors (Lipinski definition) is 0. The molecule has 1 aliphatic heterocycles. The van der Waals surface area contributed by atoms with Gasteiger partial charge in [-0.3, -0.25) is 0 Å². The Kier molecular flexibility index (Phi) is 6.81. The largest absolute Gasteiger partial charge is 0.378 e. The molecule has 0 N–H and O–H groups in total. The first-order chi connectivity index (χ1) is 13.4. The zero-order valence-corrected chi connectivity index (χ0v) is 23.3. The van der Waals surface area contributed by atoms with Gasteiger partial charge in [-0.05, 0) is 65.0 Å². The summed E-state index contributed by atoms with van der Waals surface area (Å²) in [5.41, 5.74) is 8.93. The third-order valence-electron chi connectivity index (χ3n) is 5.48. The summed E-state index contributed by atoms with van der Waals surface area (Å²) in [5, 5.41) is 2.65. The van der Waals surface area contributed by atoms with E-state index in [1.165, 1.54) is 49.9 Å². The van der Waals surface area contributed by atoms with Crippen molar-refractivity contribution in [3.8, 4) is 0 Å². The molecule has 29 heavy (non-hydrogen) atoms. The van der Waals surface area contributed by atoms with Crippen molar-refractivity contribution in [2.24, 2.45) is 0 Å². The average molecular weight is 613 g/mol. The van der Waals surface area contributed by atoms with Crippen LogP contribution in [0.1, 0.15) is 16.7 Å². The van der Waals surface area contributed by atoms with Gasteiger partial charge >= 0.3 is 0 Å². The van der Waals surface area contributed by atoms with Gasteiger partial charge in [0, 0.05) is 64.5 Å². The minimum absolute atomic E-state index is 0. The number of rotatable bonds is 2. The Morgan fingerprint density at radius 3 is 2.34 bits per heavy atom. The molecule has 0 fully saturated rings. The van der Waals surface area contributed by atoms with E-state index in [1.807, 2.05) is 0 Å². The van der Waals surface area contributed by atoms with Gasteiger partial charge < -0.3 is 4.90 Å². The number of fused-ring (bicyclic) bond motifs is 2. The molecule has 1 heterocycles. The second-order valence-electron chi connectivity index (χ2n) is 7.77. The summed E-state index contributed by atoms with van der Waals surface area (Å²) in [6.07, 6.45) is 6.78. The van der Waals surface area contributed by atoms with Crippen molar-refractivity contribution in [2.45, 2.75) is 6.92 Å². The van der Waals surface area contributed by atoms with Crippen LogP contribution in [0.2, 0.25) is 0 Å². The van der Waals surface area contributed by atoms with E-state index in [2.05, 4.69) is 105 Å². The fourth-order valence-corrected chi connectivity index (χ4v) is 6.63. The van der Waals surface area contributed by atoms with Crippen molar-refractivity contribution in [3.63, 3.8) is 0 Å². The SMILES string of the molecule is Cc1ccccc1C1=C2C=CC(=[N+](C)C)C=C2[PH](=S)c2cc(N(C)C)ccc21.[Pb]. The summed E-state index contributed by atoms with van der Waals surface area (Å²) < 4.78 is 2.16. The van der Waals surface area contributed by atoms with Gasteiger partial charge in [0.2, 0.25) is 0 Å². The zero-order chi connectivity index (χ0) is 20.0. The second-order valence-corrected chi connectivity index (χ2v) is 10.7. The quantitative estimate of drug-likeness (QED) is 0.288. The summed E-state index contributed by atoms with van der Waals surface area (Å²) in [6.45, 7) is 0.933. The van der Waals surface area contributed by atoms with E-state index in [-0.39, 0.29) is 27.3 Å². The van der Waals surface area contributed by atoms with Crippen molar-refractivity contribution >= 4 is 68.1 Å². The number of hydrogen-bond acceptors (Lipinski definition) is 2. The first-order valence-electron chi connectivity index (χ1n) is 9.49. The molecule has 4 rings (SSSR count). The van der Waals surface area contributed by atoms with E-state index in [4.69, 9.17) is 11.8 Å². The number of aryl methyl sites for hydroxylation is 1. The zero-order valence-electron chi connectivity index (χ0n) is 17.6. The Labute approximate surface area is 199 Å². The average Bonchev–Trinajstić information content (AvgIpc) is 2.68. The van der Waals surface area contributed by atoms with Crippen LogP contribution in [-0.2, 0) is 11.8 Å². The van der Waals surface area contributed by atoms with E-state index in [0.29, 0.717) is 0 Å². The monoisotopic (exact) mass is 613 g/mol. The van der Waals surface area contributed by atoms with Crippen LogP contribution in [-0.4, -0.2) is 65.8 Å². The van der Waals surface area contributed by atoms with Gasteiger partial charge in [0.05, 0.1) is 0 Å². The van der Waals surface area contributed by atoms with Crippen molar-refractivity contribution < 1.29 is 4.58 Å². The first kappa shape index (κ1) is 22.4. The molecule has 1 aliphatic carbocycles. The minimum Gasteiger partial charge on any atom is -0.378 e. The number of allylic oxidation sites excluding steroid dienone is 5. The molecule has 1 unspecified atom stereocenters. The molecule has 0 aromatic heterocycles. The van der Waals surface area contributed by atoms with E-state index < -0.39 is 6.70 Å². The molecular formula is C24H26N2PPbS+. The third-order valence-corrected chi connectivity index (χ3v) is 8.61. The molecule has 2 nitrogen and oxygen atoms in total. The molecule has 2 aromatic carbocycles. The molecule has 146 valence electrons. The Balaban J connectivity index is 0.00000240. The normalized spacial score (nSPS) is 17.2. The van der Waals surface area contributed by atoms with Gasteiger partial charge in [0.15, 0.2) is 5.71 Å². The molecule has 0 saturated carbocycles. The number of anilines is 1. The van der Waals surface area contributed by atoms with Crippen LogP contribution in [0.3, 0.4) is 0 Å². The van der Waals surface area contributed by atoms with E-state index >= 15 is 0 Å². The van der Waals surface area contributed by atoms with Gasteiger partial charge in [-0.1, -0.05) is 42.1 Å². The van der Waals surface area contributed by atoms with Crippen molar-refractivity contribution in [1.29, 1.82) is 0 Å². The Morgan fingerprint density at radius 1 is 0.966 bits per heavy atom. The van der Waals surface area contributed by atoms with Crippen LogP contribution in [0.5, 0.6) is 0 Å². The Morgan fingerprint density at radius 2 is 1.69 bits per heavy atom. The van der Waals surface area contributed by atoms with Gasteiger partial charge in [-0.2, -0.15) is 0 Å². The fraction of sp³-hybridized carbons (Fsp3) is 0.208. The van der Waals surface area contributed by atoms with Crippen molar-refractivity contribution in [2.75, 3.05) is 33.1 Å². The maximum atomic E-state index is 6.18. The number of benzene rings is 2. The third kappa shape index (κ3) is 4.02. The van der Waals surface area contributed by atoms with Crippen LogP contribution in [0, 0.1) is 6.92 Å². The summed E-state index contributed by atoms with van der Waals surface area (Å²) in [6, 6.07) is 15.5. The van der Waals surface area contributed by atoms with Crippen molar-refractivity contribution in [3.05, 3.63) is 88.3 Å². The first-order valence-corrected chi connectivity index (χ1v) is 12.1. The van der Waals surface area contributed by atoms with E-state index in [0.717, 1.165) is 0 Å². The Hall–Kier alpha value is -1.30.